The van der Waals surface area contributed by atoms with E-state index in [1.807, 2.05) is 56.3 Å². The third-order valence-corrected chi connectivity index (χ3v) is 6.66. The van der Waals surface area contributed by atoms with Crippen molar-refractivity contribution < 1.29 is 9.09 Å². The molecule has 2 aromatic carbocycles. The second-order valence-corrected chi connectivity index (χ2v) is 9.73. The summed E-state index contributed by atoms with van der Waals surface area (Å²) in [6, 6.07) is 16.7. The predicted molar refractivity (Wildman–Crippen MR) is 130 cm³/mol. The molecule has 0 fully saturated rings. The summed E-state index contributed by atoms with van der Waals surface area (Å²) in [5.41, 5.74) is 7.70. The number of nitrogens with one attached hydrogen (secondary N) is 2. The molecule has 2 heterocycles. The Morgan fingerprint density at radius 3 is 2.67 bits per heavy atom. The molecular formula is C23H25N6O3P. The Morgan fingerprint density at radius 1 is 1.18 bits per heavy atom. The number of aromatic nitrogens is 4. The first-order valence-electron chi connectivity index (χ1n) is 10.4. The van der Waals surface area contributed by atoms with E-state index < -0.39 is 7.52 Å². The molecule has 0 aliphatic heterocycles. The zero-order valence-corrected chi connectivity index (χ0v) is 19.2. The van der Waals surface area contributed by atoms with Gasteiger partial charge in [-0.15, -0.1) is 0 Å². The molecule has 0 amide bonds. The van der Waals surface area contributed by atoms with E-state index >= 15 is 0 Å². The van der Waals surface area contributed by atoms with Crippen LogP contribution in [0.4, 0.5) is 5.95 Å². The van der Waals surface area contributed by atoms with Crippen molar-refractivity contribution in [1.82, 2.24) is 24.6 Å². The third-order valence-electron chi connectivity index (χ3n) is 4.76. The molecule has 0 bridgehead atoms. The van der Waals surface area contributed by atoms with Crippen molar-refractivity contribution in [2.45, 2.75) is 26.4 Å². The van der Waals surface area contributed by atoms with Gasteiger partial charge in [-0.1, -0.05) is 42.5 Å². The molecule has 0 aliphatic carbocycles. The Hall–Kier alpha value is -3.68. The monoisotopic (exact) mass is 464 g/mol. The fraction of sp³-hybridized carbons (Fsp3) is 0.174. The van der Waals surface area contributed by atoms with Crippen molar-refractivity contribution in [2.24, 2.45) is 0 Å². The summed E-state index contributed by atoms with van der Waals surface area (Å²) in [4.78, 5) is 22.9. The molecule has 0 radical (unpaired) electrons. The molecule has 4 N–H and O–H groups in total. The lowest BCUT2D eigenvalue weighted by Gasteiger charge is -2.20. The van der Waals surface area contributed by atoms with Gasteiger partial charge >= 0.3 is 7.52 Å². The Bertz CT molecular complexity index is 1390. The summed E-state index contributed by atoms with van der Waals surface area (Å²) >= 11 is 0. The van der Waals surface area contributed by atoms with Crippen LogP contribution in [0.5, 0.6) is 5.75 Å². The minimum Gasteiger partial charge on any atom is -0.430 e. The highest BCUT2D eigenvalue weighted by atomic mass is 31.2. The van der Waals surface area contributed by atoms with Crippen LogP contribution >= 0.6 is 7.52 Å². The van der Waals surface area contributed by atoms with Gasteiger partial charge in [-0.05, 0) is 43.2 Å². The van der Waals surface area contributed by atoms with E-state index in [-0.39, 0.29) is 23.1 Å². The molecule has 0 spiro atoms. The quantitative estimate of drug-likeness (QED) is 0.336. The van der Waals surface area contributed by atoms with Gasteiger partial charge in [0.1, 0.15) is 5.75 Å². The second kappa shape index (κ2) is 9.44. The molecule has 170 valence electrons. The maximum absolute atomic E-state index is 13.5. The zero-order chi connectivity index (χ0) is 23.4. The SMILES string of the molecule is CC(C)NP(=O)(/C=C/c1ccccc1Cn1cnc2c(=O)[nH]c(N)nc21)Oc1ccccc1. The van der Waals surface area contributed by atoms with Crippen molar-refractivity contribution in [3.05, 3.63) is 88.2 Å². The van der Waals surface area contributed by atoms with Crippen molar-refractivity contribution in [1.29, 1.82) is 0 Å². The van der Waals surface area contributed by atoms with E-state index in [0.29, 0.717) is 17.9 Å². The van der Waals surface area contributed by atoms with E-state index in [1.54, 1.807) is 34.9 Å². The van der Waals surface area contributed by atoms with Gasteiger partial charge in [-0.2, -0.15) is 4.98 Å². The van der Waals surface area contributed by atoms with Gasteiger partial charge in [0.15, 0.2) is 11.2 Å². The topological polar surface area (TPSA) is 128 Å². The lowest BCUT2D eigenvalue weighted by molar-refractivity contribution is 0.470. The van der Waals surface area contributed by atoms with Gasteiger partial charge in [0.2, 0.25) is 5.95 Å². The van der Waals surface area contributed by atoms with Gasteiger partial charge in [-0.25, -0.2) is 10.1 Å². The van der Waals surface area contributed by atoms with Crippen LogP contribution in [0.1, 0.15) is 25.0 Å². The fourth-order valence-electron chi connectivity index (χ4n) is 3.39. The Morgan fingerprint density at radius 2 is 1.91 bits per heavy atom. The van der Waals surface area contributed by atoms with E-state index in [0.717, 1.165) is 11.1 Å². The minimum absolute atomic E-state index is 0.0289. The number of hydrogen-bond donors (Lipinski definition) is 3. The van der Waals surface area contributed by atoms with Crippen molar-refractivity contribution >= 4 is 30.7 Å². The van der Waals surface area contributed by atoms with Crippen molar-refractivity contribution in [2.75, 3.05) is 5.73 Å². The Labute approximate surface area is 190 Å². The number of hydrogen-bond acceptors (Lipinski definition) is 6. The number of aromatic amines is 1. The van der Waals surface area contributed by atoms with Crippen LogP contribution in [0, 0.1) is 0 Å². The van der Waals surface area contributed by atoms with Gasteiger partial charge in [-0.3, -0.25) is 14.3 Å². The lowest BCUT2D eigenvalue weighted by Crippen LogP contribution is -2.21. The average Bonchev–Trinajstić information content (AvgIpc) is 3.16. The highest BCUT2D eigenvalue weighted by Gasteiger charge is 2.22. The number of nitrogens with two attached hydrogens (primary N) is 1. The number of fused-ring (bicyclic) bond motifs is 1. The first-order chi connectivity index (χ1) is 15.8. The molecule has 0 aliphatic rings. The third kappa shape index (κ3) is 5.39. The molecule has 1 unspecified atom stereocenters. The molecule has 33 heavy (non-hydrogen) atoms. The highest BCUT2D eigenvalue weighted by Crippen LogP contribution is 2.45. The summed E-state index contributed by atoms with van der Waals surface area (Å²) in [7, 11) is -3.33. The first-order valence-corrected chi connectivity index (χ1v) is 12.1. The highest BCUT2D eigenvalue weighted by molar-refractivity contribution is 7.60. The lowest BCUT2D eigenvalue weighted by atomic mass is 10.1. The number of imidazole rings is 1. The molecular weight excluding hydrogens is 439 g/mol. The second-order valence-electron chi connectivity index (χ2n) is 7.80. The van der Waals surface area contributed by atoms with Crippen LogP contribution in [0.25, 0.3) is 17.2 Å². The largest absolute Gasteiger partial charge is 0.430 e. The normalized spacial score (nSPS) is 13.5. The Balaban J connectivity index is 1.65. The van der Waals surface area contributed by atoms with E-state index in [4.69, 9.17) is 10.3 Å². The average molecular weight is 464 g/mol. The van der Waals surface area contributed by atoms with E-state index in [2.05, 4.69) is 20.0 Å². The smallest absolute Gasteiger partial charge is 0.340 e. The standard InChI is InChI=1S/C23H25N6O3P/c1-16(2)28-33(31,32-19-10-4-3-5-11-19)13-12-17-8-6-7-9-18(17)14-29-15-25-20-21(29)26-23(24)27-22(20)30/h3-13,15-16H,14H2,1-2H3,(H,28,31)(H3,24,26,27,30)/b13-12+. The van der Waals surface area contributed by atoms with Crippen molar-refractivity contribution in [3.63, 3.8) is 0 Å². The summed E-state index contributed by atoms with van der Waals surface area (Å²) in [5, 5.41) is 3.05. The van der Waals surface area contributed by atoms with Crippen LogP contribution in [0.15, 0.2) is 71.5 Å². The summed E-state index contributed by atoms with van der Waals surface area (Å²) in [5.74, 6) is 2.12. The van der Waals surface area contributed by atoms with Crippen LogP contribution in [-0.2, 0) is 11.1 Å². The number of H-pyrrole nitrogens is 1. The molecule has 9 nitrogen and oxygen atoms in total. The Kier molecular flexibility index (Phi) is 6.44. The predicted octanol–water partition coefficient (Wildman–Crippen LogP) is 3.99. The number of anilines is 1. The molecule has 4 aromatic rings. The number of benzene rings is 2. The van der Waals surface area contributed by atoms with Gasteiger partial charge in [0.05, 0.1) is 12.9 Å². The molecule has 10 heteroatoms. The minimum atomic E-state index is -3.33. The summed E-state index contributed by atoms with van der Waals surface area (Å²) in [6.07, 6.45) is 3.33. The van der Waals surface area contributed by atoms with Crippen LogP contribution in [-0.4, -0.2) is 25.6 Å². The fourth-order valence-corrected chi connectivity index (χ4v) is 5.10. The van der Waals surface area contributed by atoms with Crippen LogP contribution in [0.3, 0.4) is 0 Å². The molecule has 0 saturated carbocycles. The van der Waals surface area contributed by atoms with Crippen LogP contribution in [0.2, 0.25) is 0 Å². The first kappa shape index (κ1) is 22.5. The van der Waals surface area contributed by atoms with Crippen molar-refractivity contribution in [3.8, 4) is 5.75 Å². The summed E-state index contributed by atoms with van der Waals surface area (Å²) < 4.78 is 21.1. The number of rotatable bonds is 8. The van der Waals surface area contributed by atoms with E-state index in [9.17, 15) is 9.36 Å². The zero-order valence-electron chi connectivity index (χ0n) is 18.3. The summed E-state index contributed by atoms with van der Waals surface area (Å²) in [6.45, 7) is 4.22. The number of nitrogen functional groups attached to an aromatic ring is 1. The van der Waals surface area contributed by atoms with Gasteiger partial charge in [0, 0.05) is 11.9 Å². The number of nitrogens with zero attached hydrogens (tertiary/aromatic N) is 3. The maximum Gasteiger partial charge on any atom is 0.340 e. The van der Waals surface area contributed by atoms with Crippen LogP contribution < -0.4 is 20.9 Å². The van der Waals surface area contributed by atoms with E-state index in [1.165, 1.54) is 0 Å². The van der Waals surface area contributed by atoms with Gasteiger partial charge < -0.3 is 14.8 Å². The number of para-hydroxylation sites is 1. The van der Waals surface area contributed by atoms with Gasteiger partial charge in [0.25, 0.3) is 5.56 Å². The molecule has 0 saturated heterocycles. The maximum atomic E-state index is 13.5. The molecule has 2 aromatic heterocycles. The molecule has 4 rings (SSSR count). The molecule has 1 atom stereocenters.